The third-order valence-corrected chi connectivity index (χ3v) is 5.22. The standard InChI is InChI=1S/C24H26FNO5/c1-4-6-13-26-21(15-7-10-17(11-8-15)31-5-2)20(23(28)24(26)29)22(27)18-14-16(25)9-12-19(18)30-3/h7-12,14,21,27H,4-6,13H2,1-3H3/b22-20+. The first-order valence-electron chi connectivity index (χ1n) is 10.3. The van der Waals surface area contributed by atoms with Gasteiger partial charge in [-0.25, -0.2) is 4.39 Å². The van der Waals surface area contributed by atoms with Gasteiger partial charge in [0.2, 0.25) is 0 Å². The predicted octanol–water partition coefficient (Wildman–Crippen LogP) is 4.45. The summed E-state index contributed by atoms with van der Waals surface area (Å²) in [5.41, 5.74) is 0.580. The molecule has 0 radical (unpaired) electrons. The van der Waals surface area contributed by atoms with Gasteiger partial charge in [0, 0.05) is 6.54 Å². The number of Topliss-reactive ketones (excluding diaryl/α,β-unsaturated/α-hetero) is 1. The van der Waals surface area contributed by atoms with E-state index in [-0.39, 0.29) is 16.9 Å². The van der Waals surface area contributed by atoms with Crippen LogP contribution in [0.2, 0.25) is 0 Å². The number of nitrogens with zero attached hydrogens (tertiary/aromatic N) is 1. The largest absolute Gasteiger partial charge is 0.507 e. The molecule has 1 fully saturated rings. The number of likely N-dealkylation sites (tertiary alicyclic amines) is 1. The van der Waals surface area contributed by atoms with E-state index in [0.717, 1.165) is 12.5 Å². The van der Waals surface area contributed by atoms with Gasteiger partial charge in [-0.3, -0.25) is 9.59 Å². The van der Waals surface area contributed by atoms with Crippen molar-refractivity contribution in [3.05, 3.63) is 65.0 Å². The van der Waals surface area contributed by atoms with Gasteiger partial charge in [0.15, 0.2) is 0 Å². The maximum atomic E-state index is 13.9. The molecule has 0 aromatic heterocycles. The van der Waals surface area contributed by atoms with Crippen LogP contribution < -0.4 is 9.47 Å². The summed E-state index contributed by atoms with van der Waals surface area (Å²) in [4.78, 5) is 27.3. The van der Waals surface area contributed by atoms with E-state index < -0.39 is 29.3 Å². The Morgan fingerprint density at radius 1 is 1.13 bits per heavy atom. The Morgan fingerprint density at radius 2 is 1.84 bits per heavy atom. The molecule has 1 saturated heterocycles. The maximum Gasteiger partial charge on any atom is 0.295 e. The lowest BCUT2D eigenvalue weighted by molar-refractivity contribution is -0.139. The van der Waals surface area contributed by atoms with Crippen molar-refractivity contribution in [2.75, 3.05) is 20.3 Å². The summed E-state index contributed by atoms with van der Waals surface area (Å²) < 4.78 is 24.6. The molecule has 1 unspecified atom stereocenters. The van der Waals surface area contributed by atoms with Crippen molar-refractivity contribution in [3.8, 4) is 11.5 Å². The zero-order chi connectivity index (χ0) is 22.5. The SMILES string of the molecule is CCCCN1C(=O)C(=O)/C(=C(/O)c2cc(F)ccc2OC)C1c1ccc(OCC)cc1. The Morgan fingerprint density at radius 3 is 2.45 bits per heavy atom. The minimum atomic E-state index is -0.807. The second-order valence-electron chi connectivity index (χ2n) is 7.19. The first kappa shape index (κ1) is 22.3. The molecule has 2 aromatic rings. The number of rotatable bonds is 8. The van der Waals surface area contributed by atoms with Gasteiger partial charge in [-0.2, -0.15) is 0 Å². The van der Waals surface area contributed by atoms with E-state index >= 15 is 0 Å². The highest BCUT2D eigenvalue weighted by atomic mass is 19.1. The number of aliphatic hydroxyl groups excluding tert-OH is 1. The topological polar surface area (TPSA) is 76.1 Å². The van der Waals surface area contributed by atoms with Gasteiger partial charge in [-0.15, -0.1) is 0 Å². The average molecular weight is 427 g/mol. The Balaban J connectivity index is 2.17. The number of methoxy groups -OCH3 is 1. The van der Waals surface area contributed by atoms with Crippen LogP contribution in [0.5, 0.6) is 11.5 Å². The molecule has 0 spiro atoms. The number of amides is 1. The molecule has 1 N–H and O–H groups in total. The molecule has 2 aromatic carbocycles. The number of aliphatic hydroxyl groups is 1. The fourth-order valence-electron chi connectivity index (χ4n) is 3.71. The summed E-state index contributed by atoms with van der Waals surface area (Å²) in [7, 11) is 1.38. The molecule has 31 heavy (non-hydrogen) atoms. The molecule has 1 aliphatic rings. The van der Waals surface area contributed by atoms with E-state index in [1.165, 1.54) is 24.1 Å². The smallest absolute Gasteiger partial charge is 0.295 e. The van der Waals surface area contributed by atoms with E-state index in [0.29, 0.717) is 30.9 Å². The fourth-order valence-corrected chi connectivity index (χ4v) is 3.71. The van der Waals surface area contributed by atoms with Crippen LogP contribution in [0, 0.1) is 5.82 Å². The number of unbranched alkanes of at least 4 members (excludes halogenated alkanes) is 1. The van der Waals surface area contributed by atoms with E-state index in [9.17, 15) is 19.1 Å². The van der Waals surface area contributed by atoms with E-state index in [1.54, 1.807) is 24.3 Å². The Bertz CT molecular complexity index is 1000. The molecular weight excluding hydrogens is 401 g/mol. The van der Waals surface area contributed by atoms with Crippen LogP contribution in [-0.4, -0.2) is 42.0 Å². The average Bonchev–Trinajstić information content (AvgIpc) is 3.02. The van der Waals surface area contributed by atoms with Gasteiger partial charge in [-0.1, -0.05) is 25.5 Å². The quantitative estimate of drug-likeness (QED) is 0.383. The molecule has 7 heteroatoms. The van der Waals surface area contributed by atoms with Gasteiger partial charge in [0.05, 0.1) is 30.9 Å². The van der Waals surface area contributed by atoms with Crippen molar-refractivity contribution in [3.63, 3.8) is 0 Å². The monoisotopic (exact) mass is 427 g/mol. The van der Waals surface area contributed by atoms with E-state index in [4.69, 9.17) is 9.47 Å². The molecule has 164 valence electrons. The van der Waals surface area contributed by atoms with Gasteiger partial charge >= 0.3 is 0 Å². The highest BCUT2D eigenvalue weighted by molar-refractivity contribution is 6.46. The number of benzene rings is 2. The number of carbonyl (C=O) groups is 2. The number of hydrogen-bond donors (Lipinski definition) is 1. The molecular formula is C24H26FNO5. The number of carbonyl (C=O) groups excluding carboxylic acids is 2. The Labute approximate surface area is 180 Å². The van der Waals surface area contributed by atoms with Crippen LogP contribution in [0.25, 0.3) is 5.76 Å². The van der Waals surface area contributed by atoms with Gasteiger partial charge in [0.25, 0.3) is 11.7 Å². The number of hydrogen-bond acceptors (Lipinski definition) is 5. The van der Waals surface area contributed by atoms with Gasteiger partial charge in [0.1, 0.15) is 23.1 Å². The molecule has 6 nitrogen and oxygen atoms in total. The summed E-state index contributed by atoms with van der Waals surface area (Å²) in [6.45, 7) is 4.73. The van der Waals surface area contributed by atoms with Crippen molar-refractivity contribution in [1.82, 2.24) is 4.90 Å². The Kier molecular flexibility index (Phi) is 6.95. The van der Waals surface area contributed by atoms with Crippen molar-refractivity contribution >= 4 is 17.4 Å². The molecule has 0 saturated carbocycles. The van der Waals surface area contributed by atoms with Crippen LogP contribution in [0.1, 0.15) is 43.9 Å². The normalized spacial score (nSPS) is 17.8. The van der Waals surface area contributed by atoms with Crippen LogP contribution >= 0.6 is 0 Å². The first-order valence-corrected chi connectivity index (χ1v) is 10.3. The molecule has 1 heterocycles. The third kappa shape index (κ3) is 4.40. The third-order valence-electron chi connectivity index (χ3n) is 5.22. The summed E-state index contributed by atoms with van der Waals surface area (Å²) in [6.07, 6.45) is 1.53. The minimum absolute atomic E-state index is 0.0203. The highest BCUT2D eigenvalue weighted by Crippen LogP contribution is 2.41. The molecule has 0 bridgehead atoms. The van der Waals surface area contributed by atoms with Gasteiger partial charge < -0.3 is 19.5 Å². The Hall–Kier alpha value is -3.35. The highest BCUT2D eigenvalue weighted by Gasteiger charge is 2.46. The van der Waals surface area contributed by atoms with Crippen molar-refractivity contribution in [2.24, 2.45) is 0 Å². The fraction of sp³-hybridized carbons (Fsp3) is 0.333. The van der Waals surface area contributed by atoms with Crippen LogP contribution in [0.4, 0.5) is 4.39 Å². The molecule has 3 rings (SSSR count). The van der Waals surface area contributed by atoms with E-state index in [1.807, 2.05) is 13.8 Å². The molecule has 0 aliphatic carbocycles. The number of ether oxygens (including phenoxy) is 2. The molecule has 1 amide bonds. The first-order chi connectivity index (χ1) is 14.9. The predicted molar refractivity (Wildman–Crippen MR) is 114 cm³/mol. The lowest BCUT2D eigenvalue weighted by Crippen LogP contribution is -2.30. The van der Waals surface area contributed by atoms with E-state index in [2.05, 4.69) is 0 Å². The number of halogens is 1. The summed E-state index contributed by atoms with van der Waals surface area (Å²) in [5, 5.41) is 11.1. The maximum absolute atomic E-state index is 13.9. The summed E-state index contributed by atoms with van der Waals surface area (Å²) >= 11 is 0. The van der Waals surface area contributed by atoms with Crippen molar-refractivity contribution in [1.29, 1.82) is 0 Å². The second-order valence-corrected chi connectivity index (χ2v) is 7.19. The lowest BCUT2D eigenvalue weighted by Gasteiger charge is -2.25. The summed E-state index contributed by atoms with van der Waals surface area (Å²) in [6, 6.07) is 9.87. The van der Waals surface area contributed by atoms with Crippen molar-refractivity contribution < 1.29 is 28.6 Å². The van der Waals surface area contributed by atoms with Crippen LogP contribution in [0.15, 0.2) is 48.0 Å². The summed E-state index contributed by atoms with van der Waals surface area (Å²) in [5.74, 6) is -1.71. The van der Waals surface area contributed by atoms with Crippen LogP contribution in [0.3, 0.4) is 0 Å². The zero-order valence-corrected chi connectivity index (χ0v) is 17.9. The molecule has 1 aliphatic heterocycles. The molecule has 1 atom stereocenters. The zero-order valence-electron chi connectivity index (χ0n) is 17.9. The van der Waals surface area contributed by atoms with Crippen molar-refractivity contribution in [2.45, 2.75) is 32.7 Å². The minimum Gasteiger partial charge on any atom is -0.507 e. The lowest BCUT2D eigenvalue weighted by atomic mass is 9.94. The second kappa shape index (κ2) is 9.64. The number of ketones is 1. The van der Waals surface area contributed by atoms with Gasteiger partial charge in [-0.05, 0) is 49.2 Å². The van der Waals surface area contributed by atoms with Crippen LogP contribution in [-0.2, 0) is 9.59 Å².